The first-order chi connectivity index (χ1) is 13.6. The van der Waals surface area contributed by atoms with Gasteiger partial charge < -0.3 is 10.2 Å². The maximum Gasteiger partial charge on any atom is 0.272 e. The van der Waals surface area contributed by atoms with Gasteiger partial charge in [0.1, 0.15) is 0 Å². The molecule has 28 heavy (non-hydrogen) atoms. The van der Waals surface area contributed by atoms with Crippen molar-refractivity contribution in [1.82, 2.24) is 20.4 Å². The van der Waals surface area contributed by atoms with Crippen LogP contribution in [0.5, 0.6) is 0 Å². The summed E-state index contributed by atoms with van der Waals surface area (Å²) in [5, 5.41) is 10.1. The van der Waals surface area contributed by atoms with Crippen LogP contribution in [0.2, 0.25) is 0 Å². The van der Waals surface area contributed by atoms with E-state index in [2.05, 4.69) is 15.5 Å². The minimum absolute atomic E-state index is 0.0291. The summed E-state index contributed by atoms with van der Waals surface area (Å²) in [6.45, 7) is 3.45. The van der Waals surface area contributed by atoms with Gasteiger partial charge in [-0.25, -0.2) is 0 Å². The third kappa shape index (κ3) is 3.67. The Hall–Kier alpha value is -3.41. The van der Waals surface area contributed by atoms with E-state index in [1.807, 2.05) is 61.5 Å². The van der Waals surface area contributed by atoms with Crippen molar-refractivity contribution >= 4 is 11.8 Å². The van der Waals surface area contributed by atoms with Crippen LogP contribution < -0.4 is 5.32 Å². The van der Waals surface area contributed by atoms with Crippen molar-refractivity contribution in [1.29, 1.82) is 0 Å². The van der Waals surface area contributed by atoms with Gasteiger partial charge in [-0.15, -0.1) is 0 Å². The summed E-state index contributed by atoms with van der Waals surface area (Å²) in [5.41, 5.74) is 4.95. The molecule has 0 bridgehead atoms. The lowest BCUT2D eigenvalue weighted by atomic mass is 10.0. The van der Waals surface area contributed by atoms with Crippen molar-refractivity contribution in [2.24, 2.45) is 0 Å². The Kier molecular flexibility index (Phi) is 4.93. The van der Waals surface area contributed by atoms with Gasteiger partial charge in [-0.2, -0.15) is 5.10 Å². The molecule has 2 aromatic carbocycles. The predicted molar refractivity (Wildman–Crippen MR) is 106 cm³/mol. The summed E-state index contributed by atoms with van der Waals surface area (Å²) in [6, 6.07) is 17.2. The number of aromatic nitrogens is 2. The number of carbonyl (C=O) groups is 2. The zero-order valence-electron chi connectivity index (χ0n) is 15.7. The summed E-state index contributed by atoms with van der Waals surface area (Å²) in [7, 11) is 0. The van der Waals surface area contributed by atoms with E-state index in [1.165, 1.54) is 0 Å². The smallest absolute Gasteiger partial charge is 0.272 e. The van der Waals surface area contributed by atoms with Crippen molar-refractivity contribution in [3.63, 3.8) is 0 Å². The summed E-state index contributed by atoms with van der Waals surface area (Å²) < 4.78 is 0. The fourth-order valence-corrected chi connectivity index (χ4v) is 3.51. The largest absolute Gasteiger partial charge is 0.347 e. The molecule has 3 aromatic rings. The first kappa shape index (κ1) is 18.0. The molecule has 1 aromatic heterocycles. The van der Waals surface area contributed by atoms with E-state index in [4.69, 9.17) is 0 Å². The van der Waals surface area contributed by atoms with Crippen molar-refractivity contribution in [2.45, 2.75) is 26.4 Å². The van der Waals surface area contributed by atoms with Gasteiger partial charge in [0.15, 0.2) is 5.69 Å². The minimum atomic E-state index is -0.229. The molecule has 0 saturated heterocycles. The molecule has 0 spiro atoms. The first-order valence-electron chi connectivity index (χ1n) is 9.36. The van der Waals surface area contributed by atoms with Crippen LogP contribution in [-0.2, 0) is 19.5 Å². The van der Waals surface area contributed by atoms with Crippen molar-refractivity contribution in [2.75, 3.05) is 6.54 Å². The number of hydrogen-bond donors (Lipinski definition) is 2. The number of aryl methyl sites for hydroxylation is 1. The standard InChI is InChI=1S/C22H22N4O2/c1-15-6-5-7-16(12-15)13-23-21(27)20-18-14-26(11-10-19(18)24-25-20)22(28)17-8-3-2-4-9-17/h2-9,12H,10-11,13-14H2,1H3,(H,23,27)(H,24,25). The monoisotopic (exact) mass is 374 g/mol. The molecule has 0 unspecified atom stereocenters. The third-order valence-electron chi connectivity index (χ3n) is 4.99. The zero-order chi connectivity index (χ0) is 19.5. The predicted octanol–water partition coefficient (Wildman–Crippen LogP) is 2.85. The number of fused-ring (bicyclic) bond motifs is 1. The molecule has 2 amide bonds. The van der Waals surface area contributed by atoms with Crippen LogP contribution in [0.15, 0.2) is 54.6 Å². The molecule has 2 N–H and O–H groups in total. The lowest BCUT2D eigenvalue weighted by Crippen LogP contribution is -2.36. The Balaban J connectivity index is 1.47. The highest BCUT2D eigenvalue weighted by Crippen LogP contribution is 2.22. The highest BCUT2D eigenvalue weighted by atomic mass is 16.2. The lowest BCUT2D eigenvalue weighted by molar-refractivity contribution is 0.0731. The van der Waals surface area contributed by atoms with Gasteiger partial charge in [-0.05, 0) is 24.6 Å². The van der Waals surface area contributed by atoms with E-state index < -0.39 is 0 Å². The molecular weight excluding hydrogens is 352 g/mol. The maximum absolute atomic E-state index is 12.7. The number of rotatable bonds is 4. The molecule has 4 rings (SSSR count). The molecule has 2 heterocycles. The topological polar surface area (TPSA) is 78.1 Å². The number of nitrogens with zero attached hydrogens (tertiary/aromatic N) is 2. The Morgan fingerprint density at radius 3 is 2.75 bits per heavy atom. The molecule has 0 aliphatic carbocycles. The highest BCUT2D eigenvalue weighted by Gasteiger charge is 2.28. The number of amides is 2. The number of aromatic amines is 1. The van der Waals surface area contributed by atoms with Gasteiger partial charge in [0.25, 0.3) is 11.8 Å². The molecule has 1 aliphatic rings. The molecule has 0 atom stereocenters. The molecular formula is C22H22N4O2. The van der Waals surface area contributed by atoms with E-state index in [1.54, 1.807) is 4.90 Å². The van der Waals surface area contributed by atoms with Crippen LogP contribution in [0, 0.1) is 6.92 Å². The number of benzene rings is 2. The Morgan fingerprint density at radius 1 is 1.14 bits per heavy atom. The molecule has 0 fully saturated rings. The SMILES string of the molecule is Cc1cccc(CNC(=O)c2n[nH]c3c2CN(C(=O)c2ccccc2)CC3)c1. The minimum Gasteiger partial charge on any atom is -0.347 e. The van der Waals surface area contributed by atoms with Crippen LogP contribution >= 0.6 is 0 Å². The van der Waals surface area contributed by atoms with E-state index in [0.29, 0.717) is 37.3 Å². The summed E-state index contributed by atoms with van der Waals surface area (Å²) >= 11 is 0. The van der Waals surface area contributed by atoms with E-state index in [-0.39, 0.29) is 11.8 Å². The maximum atomic E-state index is 12.7. The highest BCUT2D eigenvalue weighted by molar-refractivity contribution is 5.96. The van der Waals surface area contributed by atoms with E-state index >= 15 is 0 Å². The summed E-state index contributed by atoms with van der Waals surface area (Å²) in [5.74, 6) is -0.258. The van der Waals surface area contributed by atoms with Crippen LogP contribution in [0.25, 0.3) is 0 Å². The summed E-state index contributed by atoms with van der Waals surface area (Å²) in [6.07, 6.45) is 0.659. The molecule has 0 saturated carbocycles. The average molecular weight is 374 g/mol. The quantitative estimate of drug-likeness (QED) is 0.737. The van der Waals surface area contributed by atoms with Crippen molar-refractivity contribution in [3.05, 3.63) is 88.2 Å². The van der Waals surface area contributed by atoms with Gasteiger partial charge in [0.05, 0.1) is 6.54 Å². The van der Waals surface area contributed by atoms with Crippen LogP contribution in [0.4, 0.5) is 0 Å². The number of nitrogens with one attached hydrogen (secondary N) is 2. The lowest BCUT2D eigenvalue weighted by Gasteiger charge is -2.27. The normalized spacial score (nSPS) is 13.1. The van der Waals surface area contributed by atoms with Crippen molar-refractivity contribution in [3.8, 4) is 0 Å². The second kappa shape index (κ2) is 7.68. The Labute approximate surface area is 163 Å². The van der Waals surface area contributed by atoms with E-state index in [0.717, 1.165) is 22.4 Å². The number of carbonyl (C=O) groups excluding carboxylic acids is 2. The van der Waals surface area contributed by atoms with Gasteiger partial charge in [-0.1, -0.05) is 48.0 Å². The zero-order valence-corrected chi connectivity index (χ0v) is 15.7. The second-order valence-corrected chi connectivity index (χ2v) is 7.04. The Bertz CT molecular complexity index is 1010. The molecule has 1 aliphatic heterocycles. The second-order valence-electron chi connectivity index (χ2n) is 7.04. The fraction of sp³-hybridized carbons (Fsp3) is 0.227. The molecule has 6 heteroatoms. The first-order valence-corrected chi connectivity index (χ1v) is 9.36. The van der Waals surface area contributed by atoms with Gasteiger partial charge >= 0.3 is 0 Å². The van der Waals surface area contributed by atoms with Gasteiger partial charge in [-0.3, -0.25) is 14.7 Å². The molecule has 6 nitrogen and oxygen atoms in total. The molecule has 0 radical (unpaired) electrons. The van der Waals surface area contributed by atoms with Gasteiger partial charge in [0.2, 0.25) is 0 Å². The number of H-pyrrole nitrogens is 1. The third-order valence-corrected chi connectivity index (χ3v) is 4.99. The van der Waals surface area contributed by atoms with Crippen LogP contribution in [-0.4, -0.2) is 33.5 Å². The fourth-order valence-electron chi connectivity index (χ4n) is 3.51. The number of hydrogen-bond acceptors (Lipinski definition) is 3. The van der Waals surface area contributed by atoms with Gasteiger partial charge in [0, 0.05) is 36.3 Å². The summed E-state index contributed by atoms with van der Waals surface area (Å²) in [4.78, 5) is 27.2. The average Bonchev–Trinajstić information content (AvgIpc) is 3.15. The van der Waals surface area contributed by atoms with Crippen LogP contribution in [0.1, 0.15) is 43.2 Å². The van der Waals surface area contributed by atoms with Crippen LogP contribution in [0.3, 0.4) is 0 Å². The Morgan fingerprint density at radius 2 is 1.96 bits per heavy atom. The van der Waals surface area contributed by atoms with Crippen molar-refractivity contribution < 1.29 is 9.59 Å². The van der Waals surface area contributed by atoms with E-state index in [9.17, 15) is 9.59 Å². The molecule has 142 valence electrons.